The number of carbonyl (C=O) groups excluding carboxylic acids is 1. The van der Waals surface area contributed by atoms with E-state index in [1.807, 2.05) is 0 Å². The van der Waals surface area contributed by atoms with Gasteiger partial charge in [-0.25, -0.2) is 0 Å². The van der Waals surface area contributed by atoms with Crippen molar-refractivity contribution in [2.75, 3.05) is 0 Å². The van der Waals surface area contributed by atoms with Crippen LogP contribution in [0.3, 0.4) is 0 Å². The van der Waals surface area contributed by atoms with Gasteiger partial charge >= 0.3 is 12.1 Å². The van der Waals surface area contributed by atoms with Crippen molar-refractivity contribution in [3.05, 3.63) is 39.4 Å². The Morgan fingerprint density at radius 3 is 2.11 bits per heavy atom. The summed E-state index contributed by atoms with van der Waals surface area (Å²) < 4.78 is 61.9. The molecule has 0 spiro atoms. The second-order valence-electron chi connectivity index (χ2n) is 3.22. The third kappa shape index (κ3) is 2.29. The number of benzene rings is 1. The van der Waals surface area contributed by atoms with Crippen molar-refractivity contribution in [2.24, 2.45) is 0 Å². The van der Waals surface area contributed by atoms with Gasteiger partial charge in [-0.05, 0) is 6.07 Å². The second kappa shape index (κ2) is 4.31. The quantitative estimate of drug-likeness (QED) is 0.366. The lowest BCUT2D eigenvalue weighted by molar-refractivity contribution is -0.385. The highest BCUT2D eigenvalue weighted by molar-refractivity contribution is 5.81. The highest BCUT2D eigenvalue weighted by Gasteiger charge is 2.59. The third-order valence-electron chi connectivity index (χ3n) is 2.07. The summed E-state index contributed by atoms with van der Waals surface area (Å²) in [6, 6.07) is 0.904. The van der Waals surface area contributed by atoms with Gasteiger partial charge in [0.05, 0.1) is 10.5 Å². The fourth-order valence-corrected chi connectivity index (χ4v) is 1.16. The lowest BCUT2D eigenvalue weighted by Crippen LogP contribution is -2.33. The van der Waals surface area contributed by atoms with Gasteiger partial charge in [-0.1, -0.05) is 6.07 Å². The lowest BCUT2D eigenvalue weighted by Gasteiger charge is -2.19. The number of rotatable bonds is 3. The molecule has 0 heterocycles. The molecule has 0 unspecified atom stereocenters. The zero-order chi connectivity index (χ0) is 14.1. The summed E-state index contributed by atoms with van der Waals surface area (Å²) in [5, 5.41) is 10.4. The standard InChI is InChI=1S/C9H4F5NO3/c10-8(11,9(12,13)14)6-2-1-5(4-16)7(3-6)15(17)18/h1-4H. The predicted molar refractivity (Wildman–Crippen MR) is 48.4 cm³/mol. The van der Waals surface area contributed by atoms with E-state index in [9.17, 15) is 36.9 Å². The Bertz CT molecular complexity index is 497. The van der Waals surface area contributed by atoms with Crippen molar-refractivity contribution in [2.45, 2.75) is 12.1 Å². The lowest BCUT2D eigenvalue weighted by atomic mass is 10.0. The molecule has 0 radical (unpaired) electrons. The second-order valence-corrected chi connectivity index (χ2v) is 3.22. The molecule has 0 aliphatic rings. The number of hydrogen-bond acceptors (Lipinski definition) is 3. The van der Waals surface area contributed by atoms with Crippen molar-refractivity contribution in [3.8, 4) is 0 Å². The zero-order valence-corrected chi connectivity index (χ0v) is 8.37. The highest BCUT2D eigenvalue weighted by atomic mass is 19.4. The number of alkyl halides is 5. The van der Waals surface area contributed by atoms with Gasteiger partial charge < -0.3 is 0 Å². The number of halogens is 5. The van der Waals surface area contributed by atoms with Crippen LogP contribution in [-0.4, -0.2) is 17.4 Å². The fourth-order valence-electron chi connectivity index (χ4n) is 1.16. The minimum Gasteiger partial charge on any atom is -0.298 e. The smallest absolute Gasteiger partial charge is 0.298 e. The van der Waals surface area contributed by atoms with Crippen molar-refractivity contribution in [1.29, 1.82) is 0 Å². The average Bonchev–Trinajstić information content (AvgIpc) is 2.26. The van der Waals surface area contributed by atoms with Crippen molar-refractivity contribution < 1.29 is 31.7 Å². The Balaban J connectivity index is 3.42. The van der Waals surface area contributed by atoms with Crippen LogP contribution in [0.1, 0.15) is 15.9 Å². The molecular formula is C9H4F5NO3. The van der Waals surface area contributed by atoms with E-state index in [2.05, 4.69) is 0 Å². The van der Waals surface area contributed by atoms with E-state index in [0.29, 0.717) is 12.1 Å². The Labute approximate surface area is 96.2 Å². The SMILES string of the molecule is O=Cc1ccc(C(F)(F)C(F)(F)F)cc1[N+](=O)[O-]. The van der Waals surface area contributed by atoms with Gasteiger partial charge in [0.2, 0.25) is 0 Å². The first-order valence-corrected chi connectivity index (χ1v) is 4.30. The van der Waals surface area contributed by atoms with Crippen LogP contribution in [0.5, 0.6) is 0 Å². The number of nitro benzene ring substituents is 1. The van der Waals surface area contributed by atoms with Gasteiger partial charge in [-0.3, -0.25) is 14.9 Å². The molecule has 98 valence electrons. The average molecular weight is 269 g/mol. The molecule has 1 aromatic carbocycles. The summed E-state index contributed by atoms with van der Waals surface area (Å²) >= 11 is 0. The maximum absolute atomic E-state index is 12.9. The van der Waals surface area contributed by atoms with Crippen LogP contribution in [0.2, 0.25) is 0 Å². The Morgan fingerprint density at radius 2 is 1.72 bits per heavy atom. The van der Waals surface area contributed by atoms with Gasteiger partial charge in [0.15, 0.2) is 6.29 Å². The van der Waals surface area contributed by atoms with Crippen LogP contribution in [0.25, 0.3) is 0 Å². The monoisotopic (exact) mass is 269 g/mol. The summed E-state index contributed by atoms with van der Waals surface area (Å²) in [5.41, 5.74) is -3.28. The first kappa shape index (κ1) is 14.0. The Hall–Kier alpha value is -2.06. The van der Waals surface area contributed by atoms with E-state index in [1.165, 1.54) is 0 Å². The van der Waals surface area contributed by atoms with E-state index in [0.717, 1.165) is 0 Å². The predicted octanol–water partition coefficient (Wildman–Crippen LogP) is 3.06. The first-order valence-electron chi connectivity index (χ1n) is 4.30. The van der Waals surface area contributed by atoms with Gasteiger partial charge in [-0.15, -0.1) is 0 Å². The van der Waals surface area contributed by atoms with E-state index >= 15 is 0 Å². The molecule has 0 fully saturated rings. The van der Waals surface area contributed by atoms with Crippen LogP contribution in [0.15, 0.2) is 18.2 Å². The van der Waals surface area contributed by atoms with Gasteiger partial charge in [0, 0.05) is 11.6 Å². The normalized spacial score (nSPS) is 12.3. The van der Waals surface area contributed by atoms with Crippen LogP contribution in [0.4, 0.5) is 27.6 Å². The minimum absolute atomic E-state index is 0.00630. The number of hydrogen-bond donors (Lipinski definition) is 0. The molecule has 18 heavy (non-hydrogen) atoms. The summed E-state index contributed by atoms with van der Waals surface area (Å²) in [6.45, 7) is 0. The van der Waals surface area contributed by atoms with Crippen molar-refractivity contribution >= 4 is 12.0 Å². The maximum atomic E-state index is 12.9. The Morgan fingerprint density at radius 1 is 1.17 bits per heavy atom. The van der Waals surface area contributed by atoms with Crippen LogP contribution in [-0.2, 0) is 5.92 Å². The van der Waals surface area contributed by atoms with Crippen molar-refractivity contribution in [3.63, 3.8) is 0 Å². The van der Waals surface area contributed by atoms with Crippen LogP contribution >= 0.6 is 0 Å². The largest absolute Gasteiger partial charge is 0.458 e. The first-order chi connectivity index (χ1) is 8.11. The fraction of sp³-hybridized carbons (Fsp3) is 0.222. The molecule has 1 rings (SSSR count). The number of aldehydes is 1. The summed E-state index contributed by atoms with van der Waals surface area (Å²) in [5.74, 6) is -5.22. The molecule has 0 N–H and O–H groups in total. The minimum atomic E-state index is -5.87. The number of nitro groups is 1. The summed E-state index contributed by atoms with van der Waals surface area (Å²) in [6.07, 6.45) is -5.88. The van der Waals surface area contributed by atoms with E-state index in [-0.39, 0.29) is 12.4 Å². The van der Waals surface area contributed by atoms with E-state index in [4.69, 9.17) is 0 Å². The van der Waals surface area contributed by atoms with E-state index < -0.39 is 33.8 Å². The highest BCUT2D eigenvalue weighted by Crippen LogP contribution is 2.44. The van der Waals surface area contributed by atoms with Crippen molar-refractivity contribution in [1.82, 2.24) is 0 Å². The zero-order valence-electron chi connectivity index (χ0n) is 8.37. The molecule has 0 aromatic heterocycles. The molecule has 0 aliphatic carbocycles. The molecule has 0 saturated heterocycles. The van der Waals surface area contributed by atoms with Gasteiger partial charge in [-0.2, -0.15) is 22.0 Å². The van der Waals surface area contributed by atoms with Gasteiger partial charge in [0.25, 0.3) is 5.69 Å². The number of nitrogens with zero attached hydrogens (tertiary/aromatic N) is 1. The van der Waals surface area contributed by atoms with Gasteiger partial charge in [0.1, 0.15) is 0 Å². The third-order valence-corrected chi connectivity index (χ3v) is 2.07. The summed E-state index contributed by atoms with van der Waals surface area (Å²) in [7, 11) is 0. The molecule has 0 atom stereocenters. The molecule has 0 amide bonds. The molecule has 0 bridgehead atoms. The summed E-state index contributed by atoms with van der Waals surface area (Å²) in [4.78, 5) is 19.6. The van der Waals surface area contributed by atoms with Crippen LogP contribution < -0.4 is 0 Å². The molecule has 1 aromatic rings. The molecule has 0 aliphatic heterocycles. The number of carbonyl (C=O) groups is 1. The van der Waals surface area contributed by atoms with E-state index in [1.54, 1.807) is 0 Å². The maximum Gasteiger partial charge on any atom is 0.458 e. The molecule has 9 heteroatoms. The topological polar surface area (TPSA) is 60.2 Å². The van der Waals surface area contributed by atoms with Crippen LogP contribution in [0, 0.1) is 10.1 Å². The Kier molecular flexibility index (Phi) is 3.36. The molecular weight excluding hydrogens is 265 g/mol. The molecule has 0 saturated carbocycles. The molecule has 4 nitrogen and oxygen atoms in total.